The second-order valence-corrected chi connectivity index (χ2v) is 17.6. The second kappa shape index (κ2) is 38.9. The van der Waals surface area contributed by atoms with Gasteiger partial charge in [0.2, 0.25) is 0 Å². The Kier molecular flexibility index (Phi) is 35.3. The van der Waals surface area contributed by atoms with Gasteiger partial charge in [0.25, 0.3) is 0 Å². The summed E-state index contributed by atoms with van der Waals surface area (Å²) >= 11 is 0. The quantitative estimate of drug-likeness (QED) is 0.0185. The fourth-order valence-corrected chi connectivity index (χ4v) is 7.75. The van der Waals surface area contributed by atoms with Crippen LogP contribution in [0, 0.1) is 0 Å². The molecule has 0 radical (unpaired) electrons. The first kappa shape index (κ1) is 59.1. The highest BCUT2D eigenvalue weighted by atomic mass is 16.7. The molecule has 0 aromatic rings. The zero-order valence-electron chi connectivity index (χ0n) is 40.0. The molecule has 2 fully saturated rings. The summed E-state index contributed by atoms with van der Waals surface area (Å²) in [4.78, 5) is 12.8. The van der Waals surface area contributed by atoms with Crippen molar-refractivity contribution in [1.82, 2.24) is 0 Å². The molecule has 0 amide bonds. The third-order valence-electron chi connectivity index (χ3n) is 11.9. The Labute approximate surface area is 391 Å². The van der Waals surface area contributed by atoms with Crippen LogP contribution in [0.3, 0.4) is 0 Å². The van der Waals surface area contributed by atoms with Gasteiger partial charge in [0.05, 0.1) is 26.4 Å². The fourth-order valence-electron chi connectivity index (χ4n) is 7.75. The van der Waals surface area contributed by atoms with Crippen molar-refractivity contribution in [2.75, 3.05) is 33.0 Å². The van der Waals surface area contributed by atoms with E-state index in [2.05, 4.69) is 62.5 Å². The van der Waals surface area contributed by atoms with E-state index in [1.165, 1.54) is 70.6 Å². The van der Waals surface area contributed by atoms with Gasteiger partial charge >= 0.3 is 5.97 Å². The van der Waals surface area contributed by atoms with Gasteiger partial charge in [-0.25, -0.2) is 0 Å². The van der Waals surface area contributed by atoms with Crippen LogP contribution in [0.4, 0.5) is 0 Å². The summed E-state index contributed by atoms with van der Waals surface area (Å²) in [6.07, 6.45) is 28.2. The molecule has 14 nitrogen and oxygen atoms in total. The van der Waals surface area contributed by atoms with Gasteiger partial charge in [-0.05, 0) is 51.4 Å². The molecule has 2 aliphatic heterocycles. The van der Waals surface area contributed by atoms with Crippen LogP contribution in [0.5, 0.6) is 0 Å². The van der Waals surface area contributed by atoms with Crippen LogP contribution in [-0.2, 0) is 33.2 Å². The van der Waals surface area contributed by atoms with Crippen molar-refractivity contribution in [2.45, 2.75) is 235 Å². The Hall–Kier alpha value is -2.05. The van der Waals surface area contributed by atoms with Gasteiger partial charge in [0.15, 0.2) is 12.6 Å². The van der Waals surface area contributed by atoms with Crippen LogP contribution >= 0.6 is 0 Å². The molecule has 2 rings (SSSR count). The van der Waals surface area contributed by atoms with Crippen molar-refractivity contribution in [3.8, 4) is 0 Å². The number of esters is 1. The number of rotatable bonds is 39. The van der Waals surface area contributed by atoms with Crippen molar-refractivity contribution >= 4 is 5.97 Å². The number of ether oxygens (including phenoxy) is 6. The van der Waals surface area contributed by atoms with Gasteiger partial charge < -0.3 is 64.2 Å². The number of aliphatic hydroxyl groups excluding tert-OH is 7. The molecule has 0 bridgehead atoms. The predicted octanol–water partition coefficient (Wildman–Crippen LogP) is 7.18. The lowest BCUT2D eigenvalue weighted by Crippen LogP contribution is -2.61. The van der Waals surface area contributed by atoms with Crippen molar-refractivity contribution < 1.29 is 69.0 Å². The van der Waals surface area contributed by atoms with Gasteiger partial charge in [0, 0.05) is 13.0 Å². The average Bonchev–Trinajstić information content (AvgIpc) is 3.30. The molecular weight excluding hydrogens is 837 g/mol. The van der Waals surface area contributed by atoms with Crippen LogP contribution in [0.15, 0.2) is 48.6 Å². The van der Waals surface area contributed by atoms with Crippen LogP contribution in [0.2, 0.25) is 0 Å². The first-order valence-corrected chi connectivity index (χ1v) is 25.2. The molecule has 0 aromatic heterocycles. The maximum atomic E-state index is 12.8. The predicted molar refractivity (Wildman–Crippen MR) is 252 cm³/mol. The van der Waals surface area contributed by atoms with E-state index in [-0.39, 0.29) is 19.6 Å². The number of unbranched alkanes of at least 4 members (excludes halogenated alkanes) is 17. The van der Waals surface area contributed by atoms with Crippen molar-refractivity contribution in [3.05, 3.63) is 48.6 Å². The largest absolute Gasteiger partial charge is 0.457 e. The summed E-state index contributed by atoms with van der Waals surface area (Å²) in [5, 5.41) is 71.8. The molecule has 378 valence electrons. The van der Waals surface area contributed by atoms with Gasteiger partial charge in [0.1, 0.15) is 54.9 Å². The summed E-state index contributed by atoms with van der Waals surface area (Å²) < 4.78 is 34.0. The van der Waals surface area contributed by atoms with E-state index in [1.54, 1.807) is 0 Å². The molecule has 65 heavy (non-hydrogen) atoms. The molecule has 0 spiro atoms. The molecule has 2 heterocycles. The van der Waals surface area contributed by atoms with E-state index in [9.17, 15) is 40.5 Å². The highest BCUT2D eigenvalue weighted by Crippen LogP contribution is 2.26. The van der Waals surface area contributed by atoms with E-state index in [1.807, 2.05) is 0 Å². The molecule has 0 saturated carbocycles. The molecule has 2 aliphatic rings. The maximum absolute atomic E-state index is 12.8. The number of hydrogen-bond donors (Lipinski definition) is 7. The molecule has 11 atom stereocenters. The van der Waals surface area contributed by atoms with E-state index < -0.39 is 86.7 Å². The Balaban J connectivity index is 1.61. The van der Waals surface area contributed by atoms with Gasteiger partial charge in [-0.3, -0.25) is 4.79 Å². The second-order valence-electron chi connectivity index (χ2n) is 17.6. The van der Waals surface area contributed by atoms with Crippen LogP contribution in [0.1, 0.15) is 168 Å². The van der Waals surface area contributed by atoms with E-state index in [0.717, 1.165) is 70.6 Å². The first-order chi connectivity index (χ1) is 31.6. The maximum Gasteiger partial charge on any atom is 0.306 e. The summed E-state index contributed by atoms with van der Waals surface area (Å²) in [5.41, 5.74) is 0. The molecule has 0 aromatic carbocycles. The Bertz CT molecular complexity index is 1260. The normalized spacial score (nSPS) is 26.9. The lowest BCUT2D eigenvalue weighted by atomic mass is 9.98. The number of aliphatic hydroxyl groups is 7. The minimum atomic E-state index is -1.70. The summed E-state index contributed by atoms with van der Waals surface area (Å²) in [6.45, 7) is 3.47. The van der Waals surface area contributed by atoms with Crippen molar-refractivity contribution in [3.63, 3.8) is 0 Å². The number of hydrogen-bond acceptors (Lipinski definition) is 14. The number of carbonyl (C=O) groups excluding carboxylic acids is 1. The van der Waals surface area contributed by atoms with Crippen LogP contribution in [0.25, 0.3) is 0 Å². The number of carbonyl (C=O) groups is 1. The molecule has 0 aliphatic carbocycles. The SMILES string of the molecule is CC/C=C\C/C=C\C/C=C\C/C=C\CCCCCCCCCCCCCCCOCC(COC1OC(COC2OC(CO)C(O)C(O)C2O)C(O)C(O)C1O)OC(=O)CCCCCCC. The van der Waals surface area contributed by atoms with E-state index >= 15 is 0 Å². The van der Waals surface area contributed by atoms with E-state index in [0.29, 0.717) is 13.0 Å². The van der Waals surface area contributed by atoms with Gasteiger partial charge in [-0.15, -0.1) is 0 Å². The third-order valence-corrected chi connectivity index (χ3v) is 11.9. The minimum absolute atomic E-state index is 0.0600. The molecule has 11 unspecified atom stereocenters. The first-order valence-electron chi connectivity index (χ1n) is 25.2. The molecule has 14 heteroatoms. The number of allylic oxidation sites excluding steroid dienone is 8. The summed E-state index contributed by atoms with van der Waals surface area (Å²) in [5.74, 6) is -0.390. The van der Waals surface area contributed by atoms with Crippen LogP contribution in [-0.4, -0.2) is 142 Å². The fraction of sp³-hybridized carbons (Fsp3) is 0.824. The zero-order valence-corrected chi connectivity index (χ0v) is 40.0. The average molecular weight is 927 g/mol. The highest BCUT2D eigenvalue weighted by Gasteiger charge is 2.47. The Morgan fingerprint density at radius 3 is 1.57 bits per heavy atom. The highest BCUT2D eigenvalue weighted by molar-refractivity contribution is 5.69. The third kappa shape index (κ3) is 26.9. The summed E-state index contributed by atoms with van der Waals surface area (Å²) in [6, 6.07) is 0. The lowest BCUT2D eigenvalue weighted by Gasteiger charge is -2.42. The monoisotopic (exact) mass is 927 g/mol. The van der Waals surface area contributed by atoms with Crippen molar-refractivity contribution in [1.29, 1.82) is 0 Å². The lowest BCUT2D eigenvalue weighted by molar-refractivity contribution is -0.332. The summed E-state index contributed by atoms with van der Waals surface area (Å²) in [7, 11) is 0. The Morgan fingerprint density at radius 2 is 1.00 bits per heavy atom. The van der Waals surface area contributed by atoms with Crippen molar-refractivity contribution in [2.24, 2.45) is 0 Å². The topological polar surface area (TPSA) is 214 Å². The molecule has 7 N–H and O–H groups in total. The molecular formula is C51H90O14. The van der Waals surface area contributed by atoms with Gasteiger partial charge in [-0.2, -0.15) is 0 Å². The minimum Gasteiger partial charge on any atom is -0.457 e. The van der Waals surface area contributed by atoms with Crippen LogP contribution < -0.4 is 0 Å². The van der Waals surface area contributed by atoms with E-state index in [4.69, 9.17) is 28.4 Å². The van der Waals surface area contributed by atoms with Gasteiger partial charge in [-0.1, -0.05) is 159 Å². The molecule has 2 saturated heterocycles. The Morgan fingerprint density at radius 1 is 0.523 bits per heavy atom. The smallest absolute Gasteiger partial charge is 0.306 e. The standard InChI is InChI=1S/C51H90O14/c1-3-5-7-9-10-11-12-13-14-15-16-17-18-19-20-21-22-23-24-25-26-27-28-29-31-33-35-60-37-40(63-43(53)34-32-30-8-6-4-2)38-61-50-49(59)47(57)45(55)42(65-50)39-62-51-48(58)46(56)44(54)41(36-52)64-51/h5,7,10-11,13-14,16-17,40-42,44-52,54-59H,3-4,6,8-9,12,15,18-39H2,1-2H3/b7-5-,11-10-,14-13-,17-16-. The zero-order chi connectivity index (χ0) is 47.3.